The van der Waals surface area contributed by atoms with Crippen molar-refractivity contribution in [2.45, 2.75) is 79.7 Å². The van der Waals surface area contributed by atoms with Crippen LogP contribution in [0.5, 0.6) is 0 Å². The van der Waals surface area contributed by atoms with E-state index >= 15 is 0 Å². The lowest BCUT2D eigenvalue weighted by Crippen LogP contribution is -2.35. The second kappa shape index (κ2) is 12.5. The molecule has 16 heavy (non-hydrogen) atoms. The fraction of sp³-hybridized carbons (Fsp3) is 0.929. The van der Waals surface area contributed by atoms with Crippen LogP contribution < -0.4 is 5.32 Å². The molecule has 1 amide bonds. The molecule has 0 aromatic carbocycles. The Kier molecular flexibility index (Phi) is 14.0. The fourth-order valence-electron chi connectivity index (χ4n) is 1.21. The van der Waals surface area contributed by atoms with Gasteiger partial charge in [-0.3, -0.25) is 4.79 Å². The molecule has 0 aromatic heterocycles. The number of unbranched alkanes of at least 4 members (excludes halogenated alkanes) is 3. The van der Waals surface area contributed by atoms with Crippen LogP contribution in [-0.2, 0) is 4.79 Å². The Morgan fingerprint density at radius 1 is 1.06 bits per heavy atom. The molecule has 0 aliphatic carbocycles. The van der Waals surface area contributed by atoms with Crippen LogP contribution in [0.25, 0.3) is 0 Å². The molecule has 98 valence electrons. The minimum absolute atomic E-state index is 0.210. The summed E-state index contributed by atoms with van der Waals surface area (Å²) in [6.07, 6.45) is 5.37. The predicted molar refractivity (Wildman–Crippen MR) is 72.5 cm³/mol. The first-order valence-electron chi connectivity index (χ1n) is 6.87. The van der Waals surface area contributed by atoms with Gasteiger partial charge in [0.2, 0.25) is 5.91 Å². The molecule has 1 unspecified atom stereocenters. The number of nitrogens with one attached hydrogen (secondary N) is 1. The predicted octanol–water partition coefficient (Wildman–Crippen LogP) is 4.14. The van der Waals surface area contributed by atoms with Gasteiger partial charge in [-0.1, -0.05) is 53.9 Å². The molecule has 1 atom stereocenters. The first-order valence-corrected chi connectivity index (χ1v) is 6.87. The minimum atomic E-state index is 0.210. The Hall–Kier alpha value is -0.530. The first kappa shape index (κ1) is 17.9. The van der Waals surface area contributed by atoms with Crippen LogP contribution >= 0.6 is 0 Å². The summed E-state index contributed by atoms with van der Waals surface area (Å²) in [5.74, 6) is 0.733. The van der Waals surface area contributed by atoms with Gasteiger partial charge in [0.05, 0.1) is 0 Å². The van der Waals surface area contributed by atoms with Crippen LogP contribution in [0.1, 0.15) is 73.6 Å². The largest absolute Gasteiger partial charge is 0.353 e. The number of carbonyl (C=O) groups is 1. The van der Waals surface area contributed by atoms with Crippen molar-refractivity contribution in [3.05, 3.63) is 0 Å². The van der Waals surface area contributed by atoms with Crippen molar-refractivity contribution in [1.82, 2.24) is 5.32 Å². The van der Waals surface area contributed by atoms with E-state index in [2.05, 4.69) is 33.0 Å². The summed E-state index contributed by atoms with van der Waals surface area (Å²) in [5.41, 5.74) is 0. The molecule has 2 nitrogen and oxygen atoms in total. The maximum absolute atomic E-state index is 11.4. The van der Waals surface area contributed by atoms with Gasteiger partial charge >= 0.3 is 0 Å². The normalized spacial score (nSPS) is 11.7. The quantitative estimate of drug-likeness (QED) is 0.653. The van der Waals surface area contributed by atoms with E-state index in [1.807, 2.05) is 13.8 Å². The van der Waals surface area contributed by atoms with E-state index in [0.717, 1.165) is 6.42 Å². The monoisotopic (exact) mass is 229 g/mol. The molecule has 0 radical (unpaired) electrons. The van der Waals surface area contributed by atoms with Crippen molar-refractivity contribution in [2.75, 3.05) is 0 Å². The van der Waals surface area contributed by atoms with E-state index in [9.17, 15) is 4.79 Å². The Morgan fingerprint density at radius 3 is 2.06 bits per heavy atom. The number of rotatable bonds is 7. The Labute approximate surface area is 102 Å². The molecule has 0 rings (SSSR count). The number of carbonyl (C=O) groups excluding carboxylic acids is 1. The Morgan fingerprint density at radius 2 is 1.62 bits per heavy atom. The lowest BCUT2D eigenvalue weighted by molar-refractivity contribution is -0.122. The van der Waals surface area contributed by atoms with Crippen molar-refractivity contribution in [2.24, 2.45) is 5.92 Å². The third kappa shape index (κ3) is 11.5. The molecule has 0 saturated carbocycles. The van der Waals surface area contributed by atoms with E-state index in [4.69, 9.17) is 0 Å². The van der Waals surface area contributed by atoms with Crippen LogP contribution in [0.4, 0.5) is 0 Å². The maximum atomic E-state index is 11.4. The maximum Gasteiger partial charge on any atom is 0.220 e. The van der Waals surface area contributed by atoms with Crippen molar-refractivity contribution in [3.63, 3.8) is 0 Å². The molecule has 0 aliphatic heterocycles. The van der Waals surface area contributed by atoms with Crippen molar-refractivity contribution >= 4 is 5.91 Å². The average Bonchev–Trinajstić information content (AvgIpc) is 2.27. The highest BCUT2D eigenvalue weighted by molar-refractivity contribution is 5.76. The zero-order valence-corrected chi connectivity index (χ0v) is 12.1. The van der Waals surface area contributed by atoms with Gasteiger partial charge in [-0.05, 0) is 19.3 Å². The second-order valence-electron chi connectivity index (χ2n) is 4.41. The first-order chi connectivity index (χ1) is 7.57. The topological polar surface area (TPSA) is 29.1 Å². The van der Waals surface area contributed by atoms with Crippen LogP contribution in [0.3, 0.4) is 0 Å². The zero-order valence-electron chi connectivity index (χ0n) is 12.1. The molecular weight excluding hydrogens is 198 g/mol. The molecule has 0 spiro atoms. The highest BCUT2D eigenvalue weighted by atomic mass is 16.1. The third-order valence-electron chi connectivity index (χ3n) is 2.65. The van der Waals surface area contributed by atoms with Crippen molar-refractivity contribution in [1.29, 1.82) is 0 Å². The molecule has 0 fully saturated rings. The zero-order chi connectivity index (χ0) is 13.0. The second-order valence-corrected chi connectivity index (χ2v) is 4.41. The van der Waals surface area contributed by atoms with Gasteiger partial charge < -0.3 is 5.32 Å². The molecule has 0 aromatic rings. The van der Waals surface area contributed by atoms with E-state index in [1.165, 1.54) is 19.3 Å². The van der Waals surface area contributed by atoms with E-state index in [0.29, 0.717) is 18.4 Å². The molecule has 0 heterocycles. The van der Waals surface area contributed by atoms with Crippen molar-refractivity contribution < 1.29 is 4.79 Å². The Balaban J connectivity index is 0. The van der Waals surface area contributed by atoms with Crippen molar-refractivity contribution in [3.8, 4) is 0 Å². The summed E-state index contributed by atoms with van der Waals surface area (Å²) in [6.45, 7) is 12.5. The summed E-state index contributed by atoms with van der Waals surface area (Å²) in [6, 6.07) is 0.300. The lowest BCUT2D eigenvalue weighted by atomic mass is 10.1. The van der Waals surface area contributed by atoms with Gasteiger partial charge in [0.15, 0.2) is 0 Å². The highest BCUT2D eigenvalue weighted by Gasteiger charge is 2.09. The lowest BCUT2D eigenvalue weighted by Gasteiger charge is -2.17. The van der Waals surface area contributed by atoms with Gasteiger partial charge in [-0.2, -0.15) is 0 Å². The summed E-state index contributed by atoms with van der Waals surface area (Å²) in [7, 11) is 0. The van der Waals surface area contributed by atoms with Crippen LogP contribution in [0.15, 0.2) is 0 Å². The molecule has 2 heteroatoms. The molecular formula is C14H31NO. The fourth-order valence-corrected chi connectivity index (χ4v) is 1.21. The minimum Gasteiger partial charge on any atom is -0.353 e. The summed E-state index contributed by atoms with van der Waals surface area (Å²) >= 11 is 0. The average molecular weight is 229 g/mol. The summed E-state index contributed by atoms with van der Waals surface area (Å²) in [5, 5.41) is 3.02. The van der Waals surface area contributed by atoms with E-state index in [1.54, 1.807) is 0 Å². The van der Waals surface area contributed by atoms with Gasteiger partial charge in [0.25, 0.3) is 0 Å². The van der Waals surface area contributed by atoms with Crippen LogP contribution in [0, 0.1) is 5.92 Å². The number of hydrogen-bond acceptors (Lipinski definition) is 1. The number of amides is 1. The summed E-state index contributed by atoms with van der Waals surface area (Å²) in [4.78, 5) is 11.4. The van der Waals surface area contributed by atoms with Crippen LogP contribution in [0.2, 0.25) is 0 Å². The summed E-state index contributed by atoms with van der Waals surface area (Å²) < 4.78 is 0. The molecule has 0 bridgehead atoms. The highest BCUT2D eigenvalue weighted by Crippen LogP contribution is 2.04. The van der Waals surface area contributed by atoms with Gasteiger partial charge in [0, 0.05) is 12.5 Å². The van der Waals surface area contributed by atoms with Gasteiger partial charge in [-0.15, -0.1) is 0 Å². The molecule has 1 N–H and O–H groups in total. The Bertz CT molecular complexity index is 155. The van der Waals surface area contributed by atoms with Crippen LogP contribution in [-0.4, -0.2) is 11.9 Å². The number of hydrogen-bond donors (Lipinski definition) is 1. The molecule has 0 saturated heterocycles. The van der Waals surface area contributed by atoms with E-state index < -0.39 is 0 Å². The standard InChI is InChI=1S/C12H25NO.C2H6/c1-5-6-7-8-9-12(14)13-11(4)10(2)3;1-2/h10-11H,5-9H2,1-4H3,(H,13,14);1-2H3. The smallest absolute Gasteiger partial charge is 0.220 e. The van der Waals surface area contributed by atoms with E-state index in [-0.39, 0.29) is 5.91 Å². The van der Waals surface area contributed by atoms with Gasteiger partial charge in [-0.25, -0.2) is 0 Å². The SMILES string of the molecule is CC.CCCCCCC(=O)NC(C)C(C)C. The van der Waals surface area contributed by atoms with Gasteiger partial charge in [0.1, 0.15) is 0 Å². The molecule has 0 aliphatic rings. The third-order valence-corrected chi connectivity index (χ3v) is 2.65.